The van der Waals surface area contributed by atoms with Crippen molar-refractivity contribution in [1.29, 1.82) is 0 Å². The molecule has 3 aromatic rings. The highest BCUT2D eigenvalue weighted by Gasteiger charge is 2.32. The lowest BCUT2D eigenvalue weighted by Gasteiger charge is -2.07. The van der Waals surface area contributed by atoms with Crippen LogP contribution in [0.3, 0.4) is 0 Å². The number of carbonyl (C=O) groups excluding carboxylic acids is 1. The van der Waals surface area contributed by atoms with Crippen LogP contribution < -0.4 is 0 Å². The number of fused-ring (bicyclic) bond motifs is 1. The van der Waals surface area contributed by atoms with Crippen LogP contribution in [0.4, 0.5) is 17.6 Å². The summed E-state index contributed by atoms with van der Waals surface area (Å²) in [4.78, 5) is 14.1. The summed E-state index contributed by atoms with van der Waals surface area (Å²) in [6, 6.07) is 8.68. The van der Waals surface area contributed by atoms with E-state index >= 15 is 0 Å². The third-order valence-corrected chi connectivity index (χ3v) is 4.36. The van der Waals surface area contributed by atoms with Crippen LogP contribution in [-0.4, -0.2) is 34.4 Å². The van der Waals surface area contributed by atoms with Gasteiger partial charge in [0.1, 0.15) is 5.69 Å². The van der Waals surface area contributed by atoms with Crippen molar-refractivity contribution >= 4 is 27.2 Å². The van der Waals surface area contributed by atoms with E-state index < -0.39 is 23.3 Å². The molecule has 4 nitrogen and oxygen atoms in total. The molecule has 1 aromatic carbocycles. The van der Waals surface area contributed by atoms with Gasteiger partial charge in [-0.05, 0) is 24.3 Å². The summed E-state index contributed by atoms with van der Waals surface area (Å²) in [7, 11) is 3.10. The number of allylic oxidation sites excluding steroid dienone is 1. The van der Waals surface area contributed by atoms with Crippen LogP contribution in [0.15, 0.2) is 59.1 Å². The molecule has 146 valence electrons. The molecule has 2 heterocycles. The lowest BCUT2D eigenvalue weighted by Crippen LogP contribution is -2.08. The monoisotopic (exact) mass is 455 g/mol. The van der Waals surface area contributed by atoms with E-state index in [-0.39, 0.29) is 16.8 Å². The van der Waals surface area contributed by atoms with Gasteiger partial charge in [-0.2, -0.15) is 18.3 Å². The fraction of sp³-hybridized carbons (Fsp3) is 0.158. The number of pyridine rings is 1. The number of hydrogen-bond donors (Lipinski definition) is 0. The summed E-state index contributed by atoms with van der Waals surface area (Å²) in [5, 5.41) is 4.15. The fourth-order valence-electron chi connectivity index (χ4n) is 2.68. The van der Waals surface area contributed by atoms with E-state index in [0.29, 0.717) is 10.0 Å². The molecule has 0 saturated carbocycles. The Hall–Kier alpha value is -2.68. The molecule has 0 atom stereocenters. The van der Waals surface area contributed by atoms with Gasteiger partial charge in [-0.15, -0.1) is 0 Å². The molecule has 0 aliphatic heterocycles. The molecule has 2 aromatic heterocycles. The van der Waals surface area contributed by atoms with Crippen molar-refractivity contribution in [1.82, 2.24) is 14.5 Å². The SMILES string of the molecule is CN(C)C=C(F)C(=O)c1c(-c2cccc(Br)c2)nn2cc(C(F)(F)F)ccc12. The van der Waals surface area contributed by atoms with Crippen LogP contribution in [-0.2, 0) is 6.18 Å². The first-order chi connectivity index (χ1) is 13.1. The standard InChI is InChI=1S/C19H14BrF4N3O/c1-26(2)10-14(21)18(28)16-15-7-6-12(19(22,23)24)9-27(15)25-17(16)11-4-3-5-13(20)8-11/h3-10H,1-2H3. The molecular formula is C19H14BrF4N3O. The highest BCUT2D eigenvalue weighted by Crippen LogP contribution is 2.33. The molecule has 0 N–H and O–H groups in total. The zero-order chi connectivity index (χ0) is 20.6. The van der Waals surface area contributed by atoms with E-state index in [1.54, 1.807) is 38.4 Å². The number of carbonyl (C=O) groups is 1. The third-order valence-electron chi connectivity index (χ3n) is 3.87. The molecule has 3 rings (SSSR count). The Morgan fingerprint density at radius 1 is 1.21 bits per heavy atom. The summed E-state index contributed by atoms with van der Waals surface area (Å²) >= 11 is 3.30. The molecule has 28 heavy (non-hydrogen) atoms. The van der Waals surface area contributed by atoms with Crippen molar-refractivity contribution in [2.75, 3.05) is 14.1 Å². The normalized spacial score (nSPS) is 12.5. The maximum Gasteiger partial charge on any atom is 0.417 e. The summed E-state index contributed by atoms with van der Waals surface area (Å²) in [5.41, 5.74) is -0.398. The molecule has 0 bridgehead atoms. The highest BCUT2D eigenvalue weighted by atomic mass is 79.9. The van der Waals surface area contributed by atoms with Crippen LogP contribution in [0.2, 0.25) is 0 Å². The molecule has 0 spiro atoms. The number of aromatic nitrogens is 2. The summed E-state index contributed by atoms with van der Waals surface area (Å²) in [6.45, 7) is 0. The van der Waals surface area contributed by atoms with Gasteiger partial charge in [0.2, 0.25) is 5.78 Å². The second-order valence-electron chi connectivity index (χ2n) is 6.25. The fourth-order valence-corrected chi connectivity index (χ4v) is 3.08. The molecule has 0 radical (unpaired) electrons. The van der Waals surface area contributed by atoms with E-state index in [0.717, 1.165) is 29.0 Å². The van der Waals surface area contributed by atoms with Gasteiger partial charge in [-0.3, -0.25) is 4.79 Å². The molecule has 0 aliphatic rings. The average Bonchev–Trinajstić information content (AvgIpc) is 2.98. The smallest absolute Gasteiger partial charge is 0.381 e. The quantitative estimate of drug-likeness (QED) is 0.302. The maximum absolute atomic E-state index is 14.4. The maximum atomic E-state index is 14.4. The molecule has 0 aliphatic carbocycles. The van der Waals surface area contributed by atoms with Crippen molar-refractivity contribution in [2.45, 2.75) is 6.18 Å². The van der Waals surface area contributed by atoms with Crippen molar-refractivity contribution in [3.63, 3.8) is 0 Å². The van der Waals surface area contributed by atoms with Crippen molar-refractivity contribution < 1.29 is 22.4 Å². The second-order valence-corrected chi connectivity index (χ2v) is 7.16. The number of benzene rings is 1. The van der Waals surface area contributed by atoms with Gasteiger partial charge in [-0.1, -0.05) is 28.1 Å². The highest BCUT2D eigenvalue weighted by molar-refractivity contribution is 9.10. The van der Waals surface area contributed by atoms with Crippen LogP contribution in [0.1, 0.15) is 15.9 Å². The zero-order valence-corrected chi connectivity index (χ0v) is 16.3. The molecular weight excluding hydrogens is 442 g/mol. The van der Waals surface area contributed by atoms with Gasteiger partial charge in [0.15, 0.2) is 5.83 Å². The van der Waals surface area contributed by atoms with E-state index in [4.69, 9.17) is 0 Å². The number of halogens is 5. The lowest BCUT2D eigenvalue weighted by atomic mass is 10.0. The average molecular weight is 456 g/mol. The minimum atomic E-state index is -4.57. The molecule has 0 amide bonds. The van der Waals surface area contributed by atoms with Crippen LogP contribution in [0.25, 0.3) is 16.8 Å². The number of nitrogens with zero attached hydrogens (tertiary/aromatic N) is 3. The topological polar surface area (TPSA) is 37.6 Å². The van der Waals surface area contributed by atoms with Gasteiger partial charge in [-0.25, -0.2) is 8.91 Å². The summed E-state index contributed by atoms with van der Waals surface area (Å²) in [6.07, 6.45) is -2.79. The Morgan fingerprint density at radius 2 is 1.93 bits per heavy atom. The number of alkyl halides is 3. The first-order valence-electron chi connectivity index (χ1n) is 8.02. The Balaban J connectivity index is 2.29. The summed E-state index contributed by atoms with van der Waals surface area (Å²) < 4.78 is 55.2. The van der Waals surface area contributed by atoms with Gasteiger partial charge < -0.3 is 4.90 Å². The van der Waals surface area contributed by atoms with Gasteiger partial charge in [0, 0.05) is 36.5 Å². The van der Waals surface area contributed by atoms with Gasteiger partial charge in [0.25, 0.3) is 0 Å². The number of hydrogen-bond acceptors (Lipinski definition) is 3. The predicted molar refractivity (Wildman–Crippen MR) is 101 cm³/mol. The van der Waals surface area contributed by atoms with Crippen molar-refractivity contribution in [3.8, 4) is 11.3 Å². The molecule has 9 heteroatoms. The first-order valence-corrected chi connectivity index (χ1v) is 8.81. The van der Waals surface area contributed by atoms with E-state index in [2.05, 4.69) is 21.0 Å². The predicted octanol–water partition coefficient (Wildman–Crippen LogP) is 5.34. The largest absolute Gasteiger partial charge is 0.417 e. The van der Waals surface area contributed by atoms with Crippen LogP contribution in [0, 0.1) is 0 Å². The lowest BCUT2D eigenvalue weighted by molar-refractivity contribution is -0.137. The number of rotatable bonds is 4. The van der Waals surface area contributed by atoms with Gasteiger partial charge in [0.05, 0.1) is 16.6 Å². The minimum absolute atomic E-state index is 0.0790. The Bertz CT molecular complexity index is 1090. The Morgan fingerprint density at radius 3 is 2.54 bits per heavy atom. The Kier molecular flexibility index (Phi) is 5.29. The van der Waals surface area contributed by atoms with Crippen LogP contribution >= 0.6 is 15.9 Å². The van der Waals surface area contributed by atoms with E-state index in [1.165, 1.54) is 4.90 Å². The van der Waals surface area contributed by atoms with E-state index in [1.807, 2.05) is 0 Å². The molecule has 0 unspecified atom stereocenters. The third kappa shape index (κ3) is 3.94. The molecule has 0 fully saturated rings. The number of Topliss-reactive ketones (excluding diaryl/α,β-unsaturated/α-hetero) is 1. The van der Waals surface area contributed by atoms with E-state index in [9.17, 15) is 22.4 Å². The summed E-state index contributed by atoms with van der Waals surface area (Å²) in [5.74, 6) is -2.01. The number of ketones is 1. The van der Waals surface area contributed by atoms with Crippen molar-refractivity contribution in [3.05, 3.63) is 70.2 Å². The first kappa shape index (κ1) is 20.1. The van der Waals surface area contributed by atoms with Crippen molar-refractivity contribution in [2.24, 2.45) is 0 Å². The minimum Gasteiger partial charge on any atom is -0.381 e. The zero-order valence-electron chi connectivity index (χ0n) is 14.8. The molecule has 0 saturated heterocycles. The Labute approximate surface area is 166 Å². The second kappa shape index (κ2) is 7.38. The van der Waals surface area contributed by atoms with Crippen LogP contribution in [0.5, 0.6) is 0 Å². The van der Waals surface area contributed by atoms with Gasteiger partial charge >= 0.3 is 6.18 Å².